The lowest BCUT2D eigenvalue weighted by Crippen LogP contribution is -2.44. The van der Waals surface area contributed by atoms with Gasteiger partial charge in [-0.25, -0.2) is 19.3 Å². The number of carbonyl (C=O) groups excluding carboxylic acids is 1. The first-order valence-corrected chi connectivity index (χ1v) is 26.1. The van der Waals surface area contributed by atoms with Gasteiger partial charge in [-0.2, -0.15) is 20.2 Å². The zero-order valence-electron chi connectivity index (χ0n) is 42.6. The number of halogens is 1. The zero-order chi connectivity index (χ0) is 53.0. The summed E-state index contributed by atoms with van der Waals surface area (Å²) in [4.78, 5) is 30.7. The number of carbonyl (C=O) groups is 1. The molecule has 79 heavy (non-hydrogen) atoms. The highest BCUT2D eigenvalue weighted by atomic mass is 79.9. The Hall–Kier alpha value is -8.89. The van der Waals surface area contributed by atoms with Crippen molar-refractivity contribution in [2.75, 3.05) is 17.2 Å². The second-order valence-corrected chi connectivity index (χ2v) is 19.1. The molecule has 0 unspecified atom stereocenters. The Labute approximate surface area is 470 Å². The molecule has 14 nitrogen and oxygen atoms in total. The summed E-state index contributed by atoms with van der Waals surface area (Å²) in [6.45, 7) is 5.86. The average molecular weight is 1120 g/mol. The lowest BCUT2D eigenvalue weighted by atomic mass is 9.99. The molecule has 4 aromatic heterocycles. The van der Waals surface area contributed by atoms with E-state index in [1.54, 1.807) is 19.3 Å². The summed E-state index contributed by atoms with van der Waals surface area (Å²) < 4.78 is 22.2. The highest BCUT2D eigenvalue weighted by Gasteiger charge is 2.36. The molecule has 0 aliphatic carbocycles. The molecule has 1 saturated heterocycles. The van der Waals surface area contributed by atoms with Gasteiger partial charge in [0.1, 0.15) is 11.4 Å². The fourth-order valence-corrected chi connectivity index (χ4v) is 9.69. The van der Waals surface area contributed by atoms with Crippen LogP contribution in [0.5, 0.6) is 0 Å². The molecule has 2 atom stereocenters. The first kappa shape index (κ1) is 56.3. The Morgan fingerprint density at radius 3 is 1.53 bits per heavy atom. The zero-order valence-corrected chi connectivity index (χ0v) is 44.2. The van der Waals surface area contributed by atoms with E-state index in [0.29, 0.717) is 36.6 Å². The van der Waals surface area contributed by atoms with E-state index >= 15 is 0 Å². The number of aromatic nitrogens is 8. The van der Waals surface area contributed by atoms with Crippen LogP contribution in [0.15, 0.2) is 217 Å². The molecule has 1 fully saturated rings. The minimum atomic E-state index is -0.873. The molecule has 0 saturated carbocycles. The predicted molar refractivity (Wildman–Crippen MR) is 319 cm³/mol. The molecule has 11 rings (SSSR count). The molecule has 400 valence electrons. The van der Waals surface area contributed by atoms with Crippen molar-refractivity contribution in [3.8, 4) is 56.7 Å². The van der Waals surface area contributed by atoms with E-state index in [1.807, 2.05) is 187 Å². The Bertz CT molecular complexity index is 3570. The van der Waals surface area contributed by atoms with Gasteiger partial charge in [0.25, 0.3) is 0 Å². The van der Waals surface area contributed by atoms with Crippen LogP contribution in [-0.4, -0.2) is 70.1 Å². The standard InChI is InChI=1S/C37H37N5O4.C25H18BrN5.2CH4/c1-4-44-33(43)25-30-24-29(45-37(2,3)46-30)20-21-31-34(26-14-8-5-9-15-26)41-42(35(31)27-16-10-6-11-17-27)32-22-23-38-36(40-32)39-28-18-12-7-13-19-28;26-22-23(18-10-4-1-5-11-18)30-31(24(22)19-12-6-2-7-13-19)21-16-17-27-25(29-21)28-20-14-8-3-9-15-20;;/h5-23,29-30H,4,24-25H2,1-3H3,(H,38,39,40);1-17H,(H,27,28,29);2*1H4/b21-20+;;;/t29-,30-;;;/m1.../s1. The number of hydrogen-bond donors (Lipinski definition) is 2. The molecular weight excluding hydrogens is 1050 g/mol. The summed E-state index contributed by atoms with van der Waals surface area (Å²) >= 11 is 3.80. The number of ether oxygens (including phenoxy) is 3. The first-order chi connectivity index (χ1) is 37.7. The second-order valence-electron chi connectivity index (χ2n) is 18.3. The van der Waals surface area contributed by atoms with Gasteiger partial charge < -0.3 is 24.8 Å². The maximum absolute atomic E-state index is 12.3. The van der Waals surface area contributed by atoms with Crippen LogP contribution >= 0.6 is 15.9 Å². The first-order valence-electron chi connectivity index (χ1n) is 25.3. The van der Waals surface area contributed by atoms with E-state index in [0.717, 1.165) is 66.4 Å². The number of rotatable bonds is 15. The van der Waals surface area contributed by atoms with Crippen LogP contribution < -0.4 is 10.6 Å². The maximum atomic E-state index is 12.3. The Morgan fingerprint density at radius 1 is 0.608 bits per heavy atom. The quantitative estimate of drug-likeness (QED) is 0.0938. The number of para-hydroxylation sites is 2. The summed E-state index contributed by atoms with van der Waals surface area (Å²) in [6.07, 6.45) is 7.59. The molecule has 0 bridgehead atoms. The van der Waals surface area contributed by atoms with Crippen molar-refractivity contribution >= 4 is 51.2 Å². The molecule has 2 N–H and O–H groups in total. The third-order valence-corrected chi connectivity index (χ3v) is 13.0. The van der Waals surface area contributed by atoms with Gasteiger partial charge in [-0.3, -0.25) is 4.79 Å². The fourth-order valence-electron chi connectivity index (χ4n) is 8.98. The van der Waals surface area contributed by atoms with Gasteiger partial charge in [0.2, 0.25) is 11.9 Å². The van der Waals surface area contributed by atoms with Crippen molar-refractivity contribution in [3.63, 3.8) is 0 Å². The van der Waals surface area contributed by atoms with Crippen LogP contribution in [0.2, 0.25) is 0 Å². The summed E-state index contributed by atoms with van der Waals surface area (Å²) in [5.41, 5.74) is 10.2. The molecule has 0 spiro atoms. The van der Waals surface area contributed by atoms with E-state index < -0.39 is 5.79 Å². The molecule has 0 radical (unpaired) electrons. The van der Waals surface area contributed by atoms with Gasteiger partial charge >= 0.3 is 5.97 Å². The number of nitrogens with one attached hydrogen (secondary N) is 2. The van der Waals surface area contributed by atoms with Crippen molar-refractivity contribution < 1.29 is 19.0 Å². The number of anilines is 4. The Morgan fingerprint density at radius 2 is 1.04 bits per heavy atom. The highest BCUT2D eigenvalue weighted by molar-refractivity contribution is 9.10. The molecule has 1 aliphatic heterocycles. The van der Waals surface area contributed by atoms with Crippen molar-refractivity contribution in [2.24, 2.45) is 0 Å². The summed E-state index contributed by atoms with van der Waals surface area (Å²) in [7, 11) is 0. The summed E-state index contributed by atoms with van der Waals surface area (Å²) in [5.74, 6) is 1.11. The summed E-state index contributed by atoms with van der Waals surface area (Å²) in [6, 6.07) is 63.9. The lowest BCUT2D eigenvalue weighted by molar-refractivity contribution is -0.290. The monoisotopic (exact) mass is 1110 g/mol. The highest BCUT2D eigenvalue weighted by Crippen LogP contribution is 2.39. The molecule has 1 aliphatic rings. The average Bonchev–Trinajstić information content (AvgIpc) is 4.20. The summed E-state index contributed by atoms with van der Waals surface area (Å²) in [5, 5.41) is 16.6. The van der Waals surface area contributed by atoms with E-state index in [9.17, 15) is 4.79 Å². The van der Waals surface area contributed by atoms with Crippen LogP contribution in [0.4, 0.5) is 23.3 Å². The molecular formula is C64H63BrN10O4. The van der Waals surface area contributed by atoms with Crippen molar-refractivity contribution in [3.05, 3.63) is 223 Å². The third-order valence-electron chi connectivity index (χ3n) is 12.3. The number of esters is 1. The largest absolute Gasteiger partial charge is 0.466 e. The van der Waals surface area contributed by atoms with Crippen molar-refractivity contribution in [1.29, 1.82) is 0 Å². The normalized spacial score (nSPS) is 14.4. The van der Waals surface area contributed by atoms with E-state index in [4.69, 9.17) is 34.4 Å². The minimum absolute atomic E-state index is 0. The second kappa shape index (κ2) is 26.4. The molecule has 15 heteroatoms. The molecule has 0 amide bonds. The molecule has 5 heterocycles. The van der Waals surface area contributed by atoms with Crippen LogP contribution in [-0.2, 0) is 19.0 Å². The number of benzene rings is 6. The van der Waals surface area contributed by atoms with Crippen LogP contribution in [0.25, 0.3) is 62.7 Å². The Kier molecular flexibility index (Phi) is 18.9. The van der Waals surface area contributed by atoms with E-state index in [2.05, 4.69) is 79.0 Å². The van der Waals surface area contributed by atoms with Gasteiger partial charge in [0, 0.05) is 70.1 Å². The van der Waals surface area contributed by atoms with Crippen molar-refractivity contribution in [2.45, 2.75) is 66.5 Å². The topological polar surface area (TPSA) is 156 Å². The maximum Gasteiger partial charge on any atom is 0.308 e. The smallest absolute Gasteiger partial charge is 0.308 e. The number of nitrogens with zero attached hydrogens (tertiary/aromatic N) is 8. The van der Waals surface area contributed by atoms with Gasteiger partial charge in [0.05, 0.1) is 41.1 Å². The van der Waals surface area contributed by atoms with Gasteiger partial charge in [-0.15, -0.1) is 0 Å². The number of hydrogen-bond acceptors (Lipinski definition) is 12. The van der Waals surface area contributed by atoms with E-state index in [-0.39, 0.29) is 39.5 Å². The third kappa shape index (κ3) is 14.0. The van der Waals surface area contributed by atoms with Crippen LogP contribution in [0, 0.1) is 0 Å². The fraction of sp³-hybridized carbons (Fsp3) is 0.172. The van der Waals surface area contributed by atoms with Gasteiger partial charge in [0.15, 0.2) is 17.4 Å². The van der Waals surface area contributed by atoms with Crippen molar-refractivity contribution in [1.82, 2.24) is 39.5 Å². The molecule has 10 aromatic rings. The van der Waals surface area contributed by atoms with Crippen LogP contribution in [0.1, 0.15) is 54.0 Å². The predicted octanol–water partition coefficient (Wildman–Crippen LogP) is 15.4. The van der Waals surface area contributed by atoms with Gasteiger partial charge in [-0.05, 0) is 61.0 Å². The van der Waals surface area contributed by atoms with Crippen LogP contribution in [0.3, 0.4) is 0 Å². The minimum Gasteiger partial charge on any atom is -0.466 e. The SMILES string of the molecule is Brc1c(-c2ccccc2)nn(-c2ccnc(Nc3ccccc3)n2)c1-c1ccccc1.C.C.CCOC(=O)C[C@H]1C[C@@H](/C=C/c2c(-c3ccccc3)nn(-c3ccnc(Nc4ccccc4)n3)c2-c2ccccc2)OC(C)(C)O1. The lowest BCUT2D eigenvalue weighted by Gasteiger charge is -2.39. The van der Waals surface area contributed by atoms with E-state index in [1.165, 1.54) is 0 Å². The van der Waals surface area contributed by atoms with Gasteiger partial charge in [-0.1, -0.05) is 185 Å². The molecule has 6 aromatic carbocycles. The Balaban J connectivity index is 0.000000217.